The molecule has 0 aliphatic rings. The van der Waals surface area contributed by atoms with Crippen LogP contribution in [0.1, 0.15) is 5.56 Å². The number of carboxylic acids is 1. The van der Waals surface area contributed by atoms with Crippen molar-refractivity contribution in [2.45, 2.75) is 0 Å². The van der Waals surface area contributed by atoms with Crippen LogP contribution in [0.15, 0.2) is 35.4 Å². The fraction of sp³-hybridized carbons (Fsp3) is 0.0909. The lowest BCUT2D eigenvalue weighted by Gasteiger charge is -2.02. The van der Waals surface area contributed by atoms with Gasteiger partial charge in [-0.25, -0.2) is 15.0 Å². The number of hydrazone groups is 1. The van der Waals surface area contributed by atoms with Gasteiger partial charge >= 0.3 is 17.8 Å². The van der Waals surface area contributed by atoms with Crippen LogP contribution in [0.3, 0.4) is 0 Å². The summed E-state index contributed by atoms with van der Waals surface area (Å²) < 4.78 is 4.14. The zero-order chi connectivity index (χ0) is 13.5. The summed E-state index contributed by atoms with van der Waals surface area (Å²) in [5.74, 6) is -3.63. The number of nitrogens with zero attached hydrogens (tertiary/aromatic N) is 1. The fourth-order valence-corrected chi connectivity index (χ4v) is 1.08. The van der Waals surface area contributed by atoms with Gasteiger partial charge in [-0.1, -0.05) is 30.3 Å². The molecule has 0 heterocycles. The smallest absolute Gasteiger partial charge is 0.398 e. The predicted octanol–water partition coefficient (Wildman–Crippen LogP) is -0.236. The number of aliphatic carboxylic acids is 1. The van der Waals surface area contributed by atoms with Gasteiger partial charge < -0.3 is 9.84 Å². The Morgan fingerprint density at radius 3 is 2.33 bits per heavy atom. The van der Waals surface area contributed by atoms with E-state index in [1.807, 2.05) is 0 Å². The highest BCUT2D eigenvalue weighted by Gasteiger charge is 2.16. The van der Waals surface area contributed by atoms with Crippen molar-refractivity contribution in [1.82, 2.24) is 5.43 Å². The van der Waals surface area contributed by atoms with E-state index in [1.165, 1.54) is 12.1 Å². The van der Waals surface area contributed by atoms with Gasteiger partial charge in [-0.15, -0.1) is 0 Å². The van der Waals surface area contributed by atoms with Crippen molar-refractivity contribution in [1.29, 1.82) is 0 Å². The molecule has 0 fully saturated rings. The molecule has 0 aromatic heterocycles. The molecule has 7 nitrogen and oxygen atoms in total. The molecule has 0 atom stereocenters. The third-order valence-electron chi connectivity index (χ3n) is 1.89. The number of hydrogen-bond acceptors (Lipinski definition) is 5. The van der Waals surface area contributed by atoms with Gasteiger partial charge in [-0.05, 0) is 0 Å². The van der Waals surface area contributed by atoms with Crippen molar-refractivity contribution in [2.24, 2.45) is 5.10 Å². The summed E-state index contributed by atoms with van der Waals surface area (Å²) in [7, 11) is 1.03. The second kappa shape index (κ2) is 6.14. The summed E-state index contributed by atoms with van der Waals surface area (Å²) >= 11 is 0. The first-order chi connectivity index (χ1) is 8.56. The van der Waals surface area contributed by atoms with Crippen molar-refractivity contribution < 1.29 is 24.2 Å². The molecule has 0 unspecified atom stereocenters. The zero-order valence-electron chi connectivity index (χ0n) is 9.41. The van der Waals surface area contributed by atoms with E-state index in [1.54, 1.807) is 23.6 Å². The number of carbonyl (C=O) groups is 3. The van der Waals surface area contributed by atoms with E-state index in [2.05, 4.69) is 9.84 Å². The van der Waals surface area contributed by atoms with Gasteiger partial charge in [0.2, 0.25) is 0 Å². The number of esters is 1. The first-order valence-corrected chi connectivity index (χ1v) is 4.81. The molecule has 18 heavy (non-hydrogen) atoms. The van der Waals surface area contributed by atoms with Crippen LogP contribution in [0.5, 0.6) is 0 Å². The summed E-state index contributed by atoms with van der Waals surface area (Å²) in [6, 6.07) is 7.97. The molecule has 0 saturated carbocycles. The zero-order valence-corrected chi connectivity index (χ0v) is 9.41. The Morgan fingerprint density at radius 1 is 1.22 bits per heavy atom. The van der Waals surface area contributed by atoms with Crippen LogP contribution in [0.2, 0.25) is 0 Å². The molecule has 0 aliphatic carbocycles. The Bertz CT molecular complexity index is 495. The van der Waals surface area contributed by atoms with Crippen molar-refractivity contribution in [2.75, 3.05) is 7.11 Å². The minimum Gasteiger partial charge on any atom is -0.476 e. The van der Waals surface area contributed by atoms with E-state index >= 15 is 0 Å². The van der Waals surface area contributed by atoms with Crippen LogP contribution in [0.25, 0.3) is 0 Å². The molecular weight excluding hydrogens is 240 g/mol. The van der Waals surface area contributed by atoms with Crippen LogP contribution in [-0.4, -0.2) is 35.8 Å². The van der Waals surface area contributed by atoms with E-state index in [9.17, 15) is 14.4 Å². The number of hydrogen-bond donors (Lipinski definition) is 2. The average Bonchev–Trinajstić information content (AvgIpc) is 2.38. The maximum absolute atomic E-state index is 11.0. The number of ether oxygens (including phenoxy) is 1. The average molecular weight is 250 g/mol. The molecule has 0 spiro atoms. The summed E-state index contributed by atoms with van der Waals surface area (Å²) in [6.07, 6.45) is 0. The van der Waals surface area contributed by atoms with E-state index < -0.39 is 17.8 Å². The Labute approximate surface area is 102 Å². The van der Waals surface area contributed by atoms with Crippen molar-refractivity contribution >= 4 is 23.6 Å². The molecule has 0 bridgehead atoms. The van der Waals surface area contributed by atoms with Crippen LogP contribution in [-0.2, 0) is 19.1 Å². The summed E-state index contributed by atoms with van der Waals surface area (Å²) in [6.45, 7) is 0. The number of carboxylic acid groups (broad SMARTS) is 1. The number of amides is 1. The van der Waals surface area contributed by atoms with Crippen LogP contribution >= 0.6 is 0 Å². The first-order valence-electron chi connectivity index (χ1n) is 4.81. The van der Waals surface area contributed by atoms with Gasteiger partial charge in [-0.2, -0.15) is 5.10 Å². The van der Waals surface area contributed by atoms with E-state index in [0.29, 0.717) is 5.56 Å². The largest absolute Gasteiger partial charge is 0.476 e. The maximum atomic E-state index is 11.0. The molecule has 0 saturated heterocycles. The third-order valence-corrected chi connectivity index (χ3v) is 1.89. The van der Waals surface area contributed by atoms with Crippen LogP contribution < -0.4 is 5.43 Å². The van der Waals surface area contributed by atoms with E-state index in [0.717, 1.165) is 7.11 Å². The molecule has 0 radical (unpaired) electrons. The highest BCUT2D eigenvalue weighted by atomic mass is 16.5. The number of carbonyl (C=O) groups excluding carboxylic acids is 2. The molecule has 1 amide bonds. The molecule has 0 aliphatic heterocycles. The Morgan fingerprint density at radius 2 is 1.83 bits per heavy atom. The summed E-state index contributed by atoms with van der Waals surface area (Å²) in [5, 5.41) is 12.3. The third kappa shape index (κ3) is 3.41. The molecule has 7 heteroatoms. The first kappa shape index (κ1) is 13.4. The summed E-state index contributed by atoms with van der Waals surface area (Å²) in [4.78, 5) is 32.8. The van der Waals surface area contributed by atoms with Gasteiger partial charge in [0.05, 0.1) is 7.11 Å². The van der Waals surface area contributed by atoms with Gasteiger partial charge in [0, 0.05) is 5.56 Å². The minimum absolute atomic E-state index is 0.301. The Balaban J connectivity index is 2.91. The Hall–Kier alpha value is -2.70. The monoisotopic (exact) mass is 250 g/mol. The van der Waals surface area contributed by atoms with Gasteiger partial charge in [0.1, 0.15) is 0 Å². The molecular formula is C11H10N2O5. The van der Waals surface area contributed by atoms with E-state index in [-0.39, 0.29) is 5.71 Å². The molecule has 2 N–H and O–H groups in total. The molecule has 94 valence electrons. The van der Waals surface area contributed by atoms with Gasteiger partial charge in [0.25, 0.3) is 0 Å². The van der Waals surface area contributed by atoms with E-state index in [4.69, 9.17) is 5.11 Å². The minimum atomic E-state index is -1.33. The molecule has 1 aromatic carbocycles. The SMILES string of the molecule is COC(=O)C(=O)NN=C(C(=O)O)c1ccccc1. The van der Waals surface area contributed by atoms with Crippen LogP contribution in [0, 0.1) is 0 Å². The second-order valence-corrected chi connectivity index (χ2v) is 3.06. The maximum Gasteiger partial charge on any atom is 0.398 e. The standard InChI is InChI=1S/C11H10N2O5/c1-18-11(17)9(14)13-12-8(10(15)16)7-5-3-2-4-6-7/h2-6H,1H3,(H,13,14)(H,15,16). The quantitative estimate of drug-likeness (QED) is 0.333. The van der Waals surface area contributed by atoms with Crippen molar-refractivity contribution in [3.05, 3.63) is 35.9 Å². The second-order valence-electron chi connectivity index (χ2n) is 3.06. The highest BCUT2D eigenvalue weighted by molar-refractivity contribution is 6.43. The van der Waals surface area contributed by atoms with Crippen LogP contribution in [0.4, 0.5) is 0 Å². The van der Waals surface area contributed by atoms with Crippen molar-refractivity contribution in [3.8, 4) is 0 Å². The molecule has 1 aromatic rings. The topological polar surface area (TPSA) is 105 Å². The highest BCUT2D eigenvalue weighted by Crippen LogP contribution is 2.01. The predicted molar refractivity (Wildman–Crippen MR) is 60.8 cm³/mol. The number of nitrogens with one attached hydrogen (secondary N) is 1. The normalized spacial score (nSPS) is 10.6. The number of benzene rings is 1. The fourth-order valence-electron chi connectivity index (χ4n) is 1.08. The number of methoxy groups -OCH3 is 1. The lowest BCUT2D eigenvalue weighted by Crippen LogP contribution is -2.30. The Kier molecular flexibility index (Phi) is 4.56. The lowest BCUT2D eigenvalue weighted by atomic mass is 10.1. The number of rotatable bonds is 3. The molecule has 1 rings (SSSR count). The summed E-state index contributed by atoms with van der Waals surface area (Å²) in [5.41, 5.74) is 1.73. The van der Waals surface area contributed by atoms with Gasteiger partial charge in [-0.3, -0.25) is 4.79 Å². The lowest BCUT2D eigenvalue weighted by molar-refractivity contribution is -0.152. The van der Waals surface area contributed by atoms with Crippen molar-refractivity contribution in [3.63, 3.8) is 0 Å². The van der Waals surface area contributed by atoms with Gasteiger partial charge in [0.15, 0.2) is 5.71 Å².